The molecule has 0 amide bonds. The lowest BCUT2D eigenvalue weighted by molar-refractivity contribution is 0.583. The molecule has 0 spiro atoms. The van der Waals surface area contributed by atoms with E-state index in [0.717, 1.165) is 16.9 Å². The third kappa shape index (κ3) is 5.54. The number of rotatable bonds is 7. The van der Waals surface area contributed by atoms with E-state index in [1.54, 1.807) is 17.8 Å². The summed E-state index contributed by atoms with van der Waals surface area (Å²) >= 11 is 1.61. The number of nitrogens with two attached hydrogens (primary N) is 1. The van der Waals surface area contributed by atoms with Crippen LogP contribution in [0.1, 0.15) is 11.1 Å². The summed E-state index contributed by atoms with van der Waals surface area (Å²) < 4.78 is 26.0. The quantitative estimate of drug-likeness (QED) is 0.726. The van der Waals surface area contributed by atoms with Gasteiger partial charge in [0.2, 0.25) is 10.0 Å². The van der Waals surface area contributed by atoms with Crippen LogP contribution in [0.3, 0.4) is 0 Å². The van der Waals surface area contributed by atoms with Crippen LogP contribution in [-0.2, 0) is 22.3 Å². The monoisotopic (exact) mass is 274 g/mol. The van der Waals surface area contributed by atoms with Gasteiger partial charge in [-0.05, 0) is 17.4 Å². The first-order chi connectivity index (χ1) is 8.07. The van der Waals surface area contributed by atoms with Crippen LogP contribution in [0.15, 0.2) is 24.3 Å². The number of hydrogen-bond acceptors (Lipinski definition) is 4. The maximum atomic E-state index is 11.7. The van der Waals surface area contributed by atoms with Crippen LogP contribution in [0.2, 0.25) is 0 Å². The molecule has 1 aromatic rings. The summed E-state index contributed by atoms with van der Waals surface area (Å²) in [4.78, 5) is 0. The van der Waals surface area contributed by atoms with Gasteiger partial charge >= 0.3 is 0 Å². The standard InChI is InChI=1S/C11H18N2O2S2/c1-16-6-5-13-17(14,15)9-11-4-2-3-10(7-11)8-12/h2-4,7,13H,5-6,8-9,12H2,1H3. The van der Waals surface area contributed by atoms with E-state index >= 15 is 0 Å². The van der Waals surface area contributed by atoms with Gasteiger partial charge in [-0.2, -0.15) is 11.8 Å². The highest BCUT2D eigenvalue weighted by Gasteiger charge is 2.10. The fourth-order valence-corrected chi connectivity index (χ4v) is 2.99. The highest BCUT2D eigenvalue weighted by molar-refractivity contribution is 7.98. The molecule has 1 rings (SSSR count). The molecule has 0 bridgehead atoms. The van der Waals surface area contributed by atoms with Crippen LogP contribution in [0.5, 0.6) is 0 Å². The second-order valence-electron chi connectivity index (χ2n) is 3.67. The Morgan fingerprint density at radius 1 is 1.35 bits per heavy atom. The number of thioether (sulfide) groups is 1. The van der Waals surface area contributed by atoms with Crippen molar-refractivity contribution in [3.63, 3.8) is 0 Å². The Balaban J connectivity index is 2.62. The lowest BCUT2D eigenvalue weighted by Crippen LogP contribution is -2.27. The summed E-state index contributed by atoms with van der Waals surface area (Å²) in [6.07, 6.45) is 1.94. The van der Waals surface area contributed by atoms with E-state index < -0.39 is 10.0 Å². The van der Waals surface area contributed by atoms with Crippen LogP contribution in [0, 0.1) is 0 Å². The third-order valence-electron chi connectivity index (χ3n) is 2.21. The van der Waals surface area contributed by atoms with Crippen LogP contribution in [0.4, 0.5) is 0 Å². The predicted molar refractivity (Wildman–Crippen MR) is 73.3 cm³/mol. The Labute approximate surface area is 107 Å². The van der Waals surface area contributed by atoms with Crippen LogP contribution in [-0.4, -0.2) is 27.0 Å². The molecule has 6 heteroatoms. The first-order valence-corrected chi connectivity index (χ1v) is 8.36. The average molecular weight is 274 g/mol. The molecular formula is C11H18N2O2S2. The Morgan fingerprint density at radius 2 is 2.06 bits per heavy atom. The minimum Gasteiger partial charge on any atom is -0.326 e. The molecule has 0 fully saturated rings. The Bertz CT molecular complexity index is 447. The molecule has 0 atom stereocenters. The highest BCUT2D eigenvalue weighted by atomic mass is 32.2. The molecule has 0 heterocycles. The van der Waals surface area contributed by atoms with Crippen molar-refractivity contribution in [1.29, 1.82) is 0 Å². The summed E-state index contributed by atoms with van der Waals surface area (Å²) in [6.45, 7) is 0.897. The maximum Gasteiger partial charge on any atom is 0.215 e. The normalized spacial score (nSPS) is 11.6. The third-order valence-corrected chi connectivity index (χ3v) is 4.18. The van der Waals surface area contributed by atoms with Gasteiger partial charge in [0.15, 0.2) is 0 Å². The van der Waals surface area contributed by atoms with E-state index in [1.165, 1.54) is 0 Å². The predicted octanol–water partition coefficient (Wildman–Crippen LogP) is 0.928. The van der Waals surface area contributed by atoms with E-state index in [-0.39, 0.29) is 5.75 Å². The average Bonchev–Trinajstić information content (AvgIpc) is 2.29. The van der Waals surface area contributed by atoms with Gasteiger partial charge in [0.05, 0.1) is 5.75 Å². The van der Waals surface area contributed by atoms with Crippen molar-refractivity contribution in [1.82, 2.24) is 4.72 Å². The molecule has 0 aliphatic carbocycles. The molecule has 4 nitrogen and oxygen atoms in total. The van der Waals surface area contributed by atoms with Crippen molar-refractivity contribution < 1.29 is 8.42 Å². The largest absolute Gasteiger partial charge is 0.326 e. The van der Waals surface area contributed by atoms with Gasteiger partial charge in [0, 0.05) is 18.8 Å². The van der Waals surface area contributed by atoms with E-state index in [0.29, 0.717) is 13.1 Å². The van der Waals surface area contributed by atoms with Crippen molar-refractivity contribution >= 4 is 21.8 Å². The van der Waals surface area contributed by atoms with Gasteiger partial charge in [-0.25, -0.2) is 13.1 Å². The molecule has 0 aromatic heterocycles. The molecule has 3 N–H and O–H groups in total. The first kappa shape index (κ1) is 14.5. The fraction of sp³-hybridized carbons (Fsp3) is 0.455. The topological polar surface area (TPSA) is 72.2 Å². The first-order valence-electron chi connectivity index (χ1n) is 5.31. The number of sulfonamides is 1. The van der Waals surface area contributed by atoms with Gasteiger partial charge in [0.1, 0.15) is 0 Å². The minimum absolute atomic E-state index is 0.00915. The SMILES string of the molecule is CSCCNS(=O)(=O)Cc1cccc(CN)c1. The van der Waals surface area contributed by atoms with E-state index in [9.17, 15) is 8.42 Å². The summed E-state index contributed by atoms with van der Waals surface area (Å²) in [7, 11) is -3.24. The minimum atomic E-state index is -3.24. The van der Waals surface area contributed by atoms with Crippen LogP contribution < -0.4 is 10.5 Å². The molecule has 0 aliphatic heterocycles. The molecule has 0 saturated carbocycles. The molecule has 1 aromatic carbocycles. The molecule has 0 radical (unpaired) electrons. The van der Waals surface area contributed by atoms with Gasteiger partial charge in [-0.3, -0.25) is 0 Å². The van der Waals surface area contributed by atoms with Gasteiger partial charge < -0.3 is 5.73 Å². The van der Waals surface area contributed by atoms with Gasteiger partial charge in [-0.15, -0.1) is 0 Å². The Hall–Kier alpha value is -0.560. The zero-order chi connectivity index (χ0) is 12.7. The number of benzene rings is 1. The zero-order valence-electron chi connectivity index (χ0n) is 9.85. The lowest BCUT2D eigenvalue weighted by atomic mass is 10.1. The summed E-state index contributed by atoms with van der Waals surface area (Å²) in [5, 5.41) is 0. The second kappa shape index (κ2) is 7.00. The molecule has 0 aliphatic rings. The summed E-state index contributed by atoms with van der Waals surface area (Å²) in [6, 6.07) is 7.34. The van der Waals surface area contributed by atoms with Crippen molar-refractivity contribution in [2.45, 2.75) is 12.3 Å². The van der Waals surface area contributed by atoms with Crippen LogP contribution >= 0.6 is 11.8 Å². The van der Waals surface area contributed by atoms with Gasteiger partial charge in [-0.1, -0.05) is 24.3 Å². The Morgan fingerprint density at radius 3 is 2.71 bits per heavy atom. The maximum absolute atomic E-state index is 11.7. The smallest absolute Gasteiger partial charge is 0.215 e. The number of nitrogens with one attached hydrogen (secondary N) is 1. The fourth-order valence-electron chi connectivity index (χ4n) is 1.42. The van der Waals surface area contributed by atoms with E-state index in [1.807, 2.05) is 24.5 Å². The summed E-state index contributed by atoms with van der Waals surface area (Å²) in [5.74, 6) is 0.789. The molecule has 0 saturated heterocycles. The van der Waals surface area contributed by atoms with Crippen molar-refractivity contribution in [3.8, 4) is 0 Å². The molecular weight excluding hydrogens is 256 g/mol. The van der Waals surface area contributed by atoms with E-state index in [2.05, 4.69) is 4.72 Å². The van der Waals surface area contributed by atoms with Crippen molar-refractivity contribution in [2.24, 2.45) is 5.73 Å². The van der Waals surface area contributed by atoms with E-state index in [4.69, 9.17) is 5.73 Å². The molecule has 17 heavy (non-hydrogen) atoms. The van der Waals surface area contributed by atoms with Crippen LogP contribution in [0.25, 0.3) is 0 Å². The lowest BCUT2D eigenvalue weighted by Gasteiger charge is -2.07. The molecule has 0 unspecified atom stereocenters. The zero-order valence-corrected chi connectivity index (χ0v) is 11.5. The van der Waals surface area contributed by atoms with Crippen molar-refractivity contribution in [3.05, 3.63) is 35.4 Å². The van der Waals surface area contributed by atoms with Crippen molar-refractivity contribution in [2.75, 3.05) is 18.6 Å². The van der Waals surface area contributed by atoms with Gasteiger partial charge in [0.25, 0.3) is 0 Å². The Kier molecular flexibility index (Phi) is 5.97. The number of hydrogen-bond donors (Lipinski definition) is 2. The summed E-state index contributed by atoms with van der Waals surface area (Å²) in [5.41, 5.74) is 7.23. The highest BCUT2D eigenvalue weighted by Crippen LogP contribution is 2.08. The second-order valence-corrected chi connectivity index (χ2v) is 6.46. The molecule has 96 valence electrons.